The summed E-state index contributed by atoms with van der Waals surface area (Å²) in [6, 6.07) is 14.7. The van der Waals surface area contributed by atoms with Gasteiger partial charge in [-0.2, -0.15) is 0 Å². The fourth-order valence-electron chi connectivity index (χ4n) is 1.68. The molecule has 0 spiro atoms. The fraction of sp³-hybridized carbons (Fsp3) is 0.0625. The number of rotatable bonds is 4. The molecule has 3 nitrogen and oxygen atoms in total. The van der Waals surface area contributed by atoms with Crippen molar-refractivity contribution in [1.82, 2.24) is 0 Å². The molecule has 0 saturated heterocycles. The molecule has 1 N–H and O–H groups in total. The summed E-state index contributed by atoms with van der Waals surface area (Å²) >= 11 is 5.87. The van der Waals surface area contributed by atoms with Gasteiger partial charge in [0.25, 0.3) is 0 Å². The first-order valence-electron chi connectivity index (χ1n) is 6.06. The number of anilines is 1. The third kappa shape index (κ3) is 3.87. The van der Waals surface area contributed by atoms with Crippen molar-refractivity contribution in [3.63, 3.8) is 0 Å². The van der Waals surface area contributed by atoms with Crippen LogP contribution < -0.4 is 10.1 Å². The van der Waals surface area contributed by atoms with Gasteiger partial charge >= 0.3 is 0 Å². The number of amides is 1. The minimum Gasteiger partial charge on any atom is -0.495 e. The standard InChI is InChI=1S/C16H14ClNO2/c1-20-15-11-13(17)8-9-14(15)18-16(19)10-7-12-5-3-2-4-6-12/h2-11H,1H3,(H,18,19)/b10-7+. The molecule has 1 amide bonds. The number of carbonyl (C=O) groups is 1. The number of ether oxygens (including phenoxy) is 1. The van der Waals surface area contributed by atoms with Crippen molar-refractivity contribution in [3.05, 3.63) is 65.2 Å². The van der Waals surface area contributed by atoms with Crippen LogP contribution in [0.1, 0.15) is 5.56 Å². The zero-order valence-electron chi connectivity index (χ0n) is 11.0. The van der Waals surface area contributed by atoms with Crippen LogP contribution in [0.25, 0.3) is 6.08 Å². The summed E-state index contributed by atoms with van der Waals surface area (Å²) in [5.41, 5.74) is 1.55. The van der Waals surface area contributed by atoms with E-state index in [-0.39, 0.29) is 5.91 Å². The summed E-state index contributed by atoms with van der Waals surface area (Å²) in [6.45, 7) is 0. The van der Waals surface area contributed by atoms with Crippen molar-refractivity contribution in [2.24, 2.45) is 0 Å². The summed E-state index contributed by atoms with van der Waals surface area (Å²) in [5, 5.41) is 3.30. The predicted molar refractivity (Wildman–Crippen MR) is 82.1 cm³/mol. The number of benzene rings is 2. The maximum absolute atomic E-state index is 11.9. The second-order valence-electron chi connectivity index (χ2n) is 4.08. The Balaban J connectivity index is 2.07. The summed E-state index contributed by atoms with van der Waals surface area (Å²) in [6.07, 6.45) is 3.22. The van der Waals surface area contributed by atoms with Crippen LogP contribution in [-0.2, 0) is 4.79 Å². The lowest BCUT2D eigenvalue weighted by atomic mass is 10.2. The van der Waals surface area contributed by atoms with E-state index in [1.54, 1.807) is 24.3 Å². The Labute approximate surface area is 122 Å². The van der Waals surface area contributed by atoms with E-state index >= 15 is 0 Å². The fourth-order valence-corrected chi connectivity index (χ4v) is 1.84. The van der Waals surface area contributed by atoms with Gasteiger partial charge in [0.1, 0.15) is 5.75 Å². The Morgan fingerprint density at radius 3 is 2.65 bits per heavy atom. The molecule has 0 saturated carbocycles. The van der Waals surface area contributed by atoms with Crippen molar-refractivity contribution in [2.75, 3.05) is 12.4 Å². The van der Waals surface area contributed by atoms with Crippen LogP contribution in [-0.4, -0.2) is 13.0 Å². The number of hydrogen-bond acceptors (Lipinski definition) is 2. The van der Waals surface area contributed by atoms with E-state index in [0.29, 0.717) is 16.5 Å². The van der Waals surface area contributed by atoms with Crippen molar-refractivity contribution < 1.29 is 9.53 Å². The molecule has 0 bridgehead atoms. The molecule has 2 aromatic rings. The molecule has 0 unspecified atom stereocenters. The molecule has 2 rings (SSSR count). The van der Waals surface area contributed by atoms with Gasteiger partial charge in [0.15, 0.2) is 0 Å². The lowest BCUT2D eigenvalue weighted by Crippen LogP contribution is -2.08. The van der Waals surface area contributed by atoms with Gasteiger partial charge in [-0.25, -0.2) is 0 Å². The number of methoxy groups -OCH3 is 1. The summed E-state index contributed by atoms with van der Waals surface area (Å²) < 4.78 is 5.17. The van der Waals surface area contributed by atoms with Crippen LogP contribution >= 0.6 is 11.6 Å². The highest BCUT2D eigenvalue weighted by Crippen LogP contribution is 2.27. The van der Waals surface area contributed by atoms with Crippen molar-refractivity contribution in [3.8, 4) is 5.75 Å². The SMILES string of the molecule is COc1cc(Cl)ccc1NC(=O)/C=C/c1ccccc1. The highest BCUT2D eigenvalue weighted by molar-refractivity contribution is 6.30. The largest absolute Gasteiger partial charge is 0.495 e. The number of hydrogen-bond donors (Lipinski definition) is 1. The quantitative estimate of drug-likeness (QED) is 0.863. The van der Waals surface area contributed by atoms with Crippen LogP contribution in [0.4, 0.5) is 5.69 Å². The highest BCUT2D eigenvalue weighted by atomic mass is 35.5. The molecule has 20 heavy (non-hydrogen) atoms. The van der Waals surface area contributed by atoms with E-state index in [0.717, 1.165) is 5.56 Å². The maximum Gasteiger partial charge on any atom is 0.248 e. The van der Waals surface area contributed by atoms with Gasteiger partial charge in [-0.05, 0) is 23.8 Å². The normalized spacial score (nSPS) is 10.5. The summed E-state index contributed by atoms with van der Waals surface area (Å²) in [4.78, 5) is 11.9. The van der Waals surface area contributed by atoms with Crippen LogP contribution in [0.3, 0.4) is 0 Å². The maximum atomic E-state index is 11.9. The monoisotopic (exact) mass is 287 g/mol. The average molecular weight is 288 g/mol. The van der Waals surface area contributed by atoms with Gasteiger partial charge in [0, 0.05) is 17.2 Å². The van der Waals surface area contributed by atoms with E-state index in [1.165, 1.54) is 13.2 Å². The Kier molecular flexibility index (Phi) is 4.80. The Morgan fingerprint density at radius 1 is 1.20 bits per heavy atom. The van der Waals surface area contributed by atoms with Crippen molar-refractivity contribution >= 4 is 29.3 Å². The smallest absolute Gasteiger partial charge is 0.248 e. The zero-order valence-corrected chi connectivity index (χ0v) is 11.7. The minimum atomic E-state index is -0.227. The predicted octanol–water partition coefficient (Wildman–Crippen LogP) is 4.00. The zero-order chi connectivity index (χ0) is 14.4. The molecular formula is C16H14ClNO2. The molecule has 0 heterocycles. The molecular weight excluding hydrogens is 274 g/mol. The molecule has 4 heteroatoms. The van der Waals surface area contributed by atoms with Gasteiger partial charge in [-0.15, -0.1) is 0 Å². The summed E-state index contributed by atoms with van der Waals surface area (Å²) in [5.74, 6) is 0.299. The topological polar surface area (TPSA) is 38.3 Å². The van der Waals surface area contributed by atoms with Gasteiger partial charge in [-0.1, -0.05) is 41.9 Å². The highest BCUT2D eigenvalue weighted by Gasteiger charge is 2.05. The van der Waals surface area contributed by atoms with E-state index in [4.69, 9.17) is 16.3 Å². The van der Waals surface area contributed by atoms with E-state index in [2.05, 4.69) is 5.32 Å². The molecule has 2 aromatic carbocycles. The number of nitrogens with one attached hydrogen (secondary N) is 1. The Bertz CT molecular complexity index is 624. The molecule has 102 valence electrons. The second-order valence-corrected chi connectivity index (χ2v) is 4.51. The molecule has 0 aliphatic heterocycles. The number of halogens is 1. The Hall–Kier alpha value is -2.26. The molecule has 0 aromatic heterocycles. The number of carbonyl (C=O) groups excluding carboxylic acids is 1. The average Bonchev–Trinajstić information content (AvgIpc) is 2.48. The molecule has 0 aliphatic carbocycles. The second kappa shape index (κ2) is 6.78. The minimum absolute atomic E-state index is 0.227. The lowest BCUT2D eigenvalue weighted by Gasteiger charge is -2.08. The van der Waals surface area contributed by atoms with Gasteiger partial charge in [-0.3, -0.25) is 4.79 Å². The molecule has 0 aliphatic rings. The van der Waals surface area contributed by atoms with Crippen molar-refractivity contribution in [1.29, 1.82) is 0 Å². The van der Waals surface area contributed by atoms with Crippen LogP contribution in [0, 0.1) is 0 Å². The first-order chi connectivity index (χ1) is 9.69. The first-order valence-corrected chi connectivity index (χ1v) is 6.44. The summed E-state index contributed by atoms with van der Waals surface area (Å²) in [7, 11) is 1.53. The van der Waals surface area contributed by atoms with Gasteiger partial charge in [0.05, 0.1) is 12.8 Å². The van der Waals surface area contributed by atoms with E-state index in [1.807, 2.05) is 30.3 Å². The Morgan fingerprint density at radius 2 is 1.95 bits per heavy atom. The lowest BCUT2D eigenvalue weighted by molar-refractivity contribution is -0.111. The third-order valence-electron chi connectivity index (χ3n) is 2.65. The van der Waals surface area contributed by atoms with Crippen LogP contribution in [0.15, 0.2) is 54.6 Å². The molecule has 0 fully saturated rings. The van der Waals surface area contributed by atoms with Crippen LogP contribution in [0.2, 0.25) is 5.02 Å². The molecule has 0 radical (unpaired) electrons. The van der Waals surface area contributed by atoms with Gasteiger partial charge < -0.3 is 10.1 Å². The molecule has 0 atom stereocenters. The van der Waals surface area contributed by atoms with Crippen LogP contribution in [0.5, 0.6) is 5.75 Å². The third-order valence-corrected chi connectivity index (χ3v) is 2.88. The first kappa shape index (κ1) is 14.2. The van der Waals surface area contributed by atoms with Gasteiger partial charge in [0.2, 0.25) is 5.91 Å². The van der Waals surface area contributed by atoms with E-state index < -0.39 is 0 Å². The van der Waals surface area contributed by atoms with E-state index in [9.17, 15) is 4.79 Å². The van der Waals surface area contributed by atoms with Crippen molar-refractivity contribution in [2.45, 2.75) is 0 Å².